The molecule has 8 nitrogen and oxygen atoms in total. The maximum atomic E-state index is 14.9. The molecule has 2 fully saturated rings. The number of hydrogen-bond donors (Lipinski definition) is 1. The van der Waals surface area contributed by atoms with E-state index in [0.717, 1.165) is 72.0 Å². The van der Waals surface area contributed by atoms with Gasteiger partial charge in [0.1, 0.15) is 23.0 Å². The van der Waals surface area contributed by atoms with Crippen molar-refractivity contribution in [2.24, 2.45) is 10.8 Å². The SMILES string of the molecule is C.C.CC1(C)[C@H]2CC[C@]1(C)c1[nH]n(-c3ccc(F)cc3F)c(=O)c12.COc1ncccc1Cn1c2c(c(=O)n1-c1ccc(F)cc1F)[C@@H]1CC[C@@]2(C)C1(C)C. The Kier molecular flexibility index (Phi) is 9.50. The molecule has 0 saturated heterocycles. The predicted octanol–water partition coefficient (Wildman–Crippen LogP) is 9.43. The zero-order valence-electron chi connectivity index (χ0n) is 30.9. The van der Waals surface area contributed by atoms with E-state index in [0.29, 0.717) is 5.88 Å². The maximum Gasteiger partial charge on any atom is 0.275 e. The Labute approximate surface area is 319 Å². The van der Waals surface area contributed by atoms with Gasteiger partial charge in [0, 0.05) is 51.5 Å². The number of H-pyrrole nitrogens is 1. The Morgan fingerprint density at radius 2 is 1.35 bits per heavy atom. The van der Waals surface area contributed by atoms with E-state index in [2.05, 4.69) is 51.6 Å². The van der Waals surface area contributed by atoms with Crippen molar-refractivity contribution in [3.8, 4) is 17.3 Å². The Morgan fingerprint density at radius 1 is 0.782 bits per heavy atom. The highest BCUT2D eigenvalue weighted by atomic mass is 19.1. The second-order valence-electron chi connectivity index (χ2n) is 16.6. The fourth-order valence-electron chi connectivity index (χ4n) is 10.3. The molecule has 55 heavy (non-hydrogen) atoms. The normalized spacial score (nSPS) is 24.3. The number of methoxy groups -OCH3 is 1. The number of nitrogens with one attached hydrogen (secondary N) is 1. The van der Waals surface area contributed by atoms with Gasteiger partial charge in [-0.1, -0.05) is 62.5 Å². The van der Waals surface area contributed by atoms with Crippen LogP contribution in [0, 0.1) is 34.1 Å². The first-order chi connectivity index (χ1) is 25.0. The van der Waals surface area contributed by atoms with Crippen molar-refractivity contribution < 1.29 is 22.3 Å². The second kappa shape index (κ2) is 13.1. The zero-order chi connectivity index (χ0) is 38.0. The van der Waals surface area contributed by atoms with Crippen LogP contribution in [-0.2, 0) is 17.4 Å². The Bertz CT molecular complexity index is 2440. The van der Waals surface area contributed by atoms with Gasteiger partial charge in [-0.2, -0.15) is 0 Å². The average molecular weight is 762 g/mol. The van der Waals surface area contributed by atoms with Crippen LogP contribution in [0.4, 0.5) is 17.6 Å². The molecule has 2 saturated carbocycles. The highest BCUT2D eigenvalue weighted by Gasteiger charge is 2.63. The van der Waals surface area contributed by atoms with Crippen molar-refractivity contribution in [3.63, 3.8) is 0 Å². The number of fused-ring (bicyclic) bond motifs is 10. The second-order valence-corrected chi connectivity index (χ2v) is 16.6. The monoisotopic (exact) mass is 761 g/mol. The Hall–Kier alpha value is -4.87. The third-order valence-corrected chi connectivity index (χ3v) is 14.0. The summed E-state index contributed by atoms with van der Waals surface area (Å²) >= 11 is 0. The number of aromatic amines is 1. The van der Waals surface area contributed by atoms with Gasteiger partial charge in [0.25, 0.3) is 11.1 Å². The largest absolute Gasteiger partial charge is 0.481 e. The van der Waals surface area contributed by atoms with Crippen molar-refractivity contribution in [3.05, 3.63) is 127 Å². The van der Waals surface area contributed by atoms with E-state index in [-0.39, 0.29) is 77.4 Å². The summed E-state index contributed by atoms with van der Waals surface area (Å²) in [6, 6.07) is 10.3. The summed E-state index contributed by atoms with van der Waals surface area (Å²) in [5.41, 5.74) is 3.45. The summed E-state index contributed by atoms with van der Waals surface area (Å²) in [6.07, 6.45) is 5.52. The molecule has 12 heteroatoms. The summed E-state index contributed by atoms with van der Waals surface area (Å²) in [4.78, 5) is 30.8. The van der Waals surface area contributed by atoms with Crippen LogP contribution < -0.4 is 15.9 Å². The summed E-state index contributed by atoms with van der Waals surface area (Å²) in [5, 5.41) is 3.11. The lowest BCUT2D eigenvalue weighted by atomic mass is 9.70. The third kappa shape index (κ3) is 5.25. The molecule has 9 rings (SSSR count). The van der Waals surface area contributed by atoms with Gasteiger partial charge >= 0.3 is 0 Å². The fraction of sp³-hybridized carbons (Fsp3) is 0.465. The van der Waals surface area contributed by atoms with E-state index < -0.39 is 23.3 Å². The van der Waals surface area contributed by atoms with E-state index >= 15 is 0 Å². The van der Waals surface area contributed by atoms with Gasteiger partial charge in [0.15, 0.2) is 11.6 Å². The molecular weight excluding hydrogens is 710 g/mol. The zero-order valence-corrected chi connectivity index (χ0v) is 30.9. The van der Waals surface area contributed by atoms with Gasteiger partial charge in [0.05, 0.1) is 19.3 Å². The number of benzene rings is 2. The van der Waals surface area contributed by atoms with Crippen molar-refractivity contribution in [1.82, 2.24) is 24.1 Å². The predicted molar refractivity (Wildman–Crippen MR) is 206 cm³/mol. The molecule has 3 heterocycles. The molecule has 0 unspecified atom stereocenters. The van der Waals surface area contributed by atoms with Crippen molar-refractivity contribution >= 4 is 0 Å². The minimum absolute atomic E-state index is 0. The van der Waals surface area contributed by atoms with Crippen molar-refractivity contribution in [1.29, 1.82) is 0 Å². The van der Waals surface area contributed by atoms with Gasteiger partial charge < -0.3 is 4.74 Å². The number of nitrogens with zero attached hydrogens (tertiary/aromatic N) is 4. The van der Waals surface area contributed by atoms with E-state index in [1.54, 1.807) is 19.4 Å². The first-order valence-electron chi connectivity index (χ1n) is 18.1. The topological polar surface area (TPSA) is 86.8 Å². The van der Waals surface area contributed by atoms with Gasteiger partial charge in [-0.15, -0.1) is 0 Å². The molecule has 5 aromatic rings. The highest BCUT2D eigenvalue weighted by Crippen LogP contribution is 2.68. The van der Waals surface area contributed by atoms with Gasteiger partial charge in [-0.05, 0) is 78.7 Å². The molecule has 4 atom stereocenters. The molecule has 0 radical (unpaired) electrons. The maximum absolute atomic E-state index is 14.9. The molecule has 1 N–H and O–H groups in total. The molecule has 2 aromatic carbocycles. The van der Waals surface area contributed by atoms with Crippen LogP contribution in [-0.4, -0.2) is 31.2 Å². The van der Waals surface area contributed by atoms with Gasteiger partial charge in [-0.25, -0.2) is 31.9 Å². The van der Waals surface area contributed by atoms with Crippen LogP contribution in [0.1, 0.15) is 122 Å². The fourth-order valence-corrected chi connectivity index (χ4v) is 10.3. The molecule has 294 valence electrons. The number of pyridine rings is 1. The number of halogens is 4. The molecule has 0 spiro atoms. The van der Waals surface area contributed by atoms with Crippen LogP contribution >= 0.6 is 0 Å². The van der Waals surface area contributed by atoms with Crippen LogP contribution in [0.25, 0.3) is 11.4 Å². The number of hydrogen-bond acceptors (Lipinski definition) is 4. The van der Waals surface area contributed by atoms with Crippen LogP contribution in [0.2, 0.25) is 0 Å². The van der Waals surface area contributed by atoms with Crippen molar-refractivity contribution in [2.75, 3.05) is 7.11 Å². The van der Waals surface area contributed by atoms with Gasteiger partial charge in [-0.3, -0.25) is 19.4 Å². The Morgan fingerprint density at radius 3 is 1.93 bits per heavy atom. The van der Waals surface area contributed by atoms with E-state index in [1.807, 2.05) is 10.7 Å². The molecule has 3 aromatic heterocycles. The molecule has 4 bridgehead atoms. The smallest absolute Gasteiger partial charge is 0.275 e. The van der Waals surface area contributed by atoms with Crippen LogP contribution in [0.15, 0.2) is 64.3 Å². The summed E-state index contributed by atoms with van der Waals surface area (Å²) in [7, 11) is 1.55. The lowest BCUT2D eigenvalue weighted by Gasteiger charge is -2.36. The van der Waals surface area contributed by atoms with Crippen molar-refractivity contribution in [2.45, 2.75) is 111 Å². The first kappa shape index (κ1) is 39.8. The van der Waals surface area contributed by atoms with E-state index in [4.69, 9.17) is 4.74 Å². The lowest BCUT2D eigenvalue weighted by molar-refractivity contribution is 0.216. The standard InChI is InChI=1S/C24H25F2N3O2.C17H18F2N2O.2CH4/c1-23(2)16-9-10-24(23,3)20-19(16)22(30)29(18-8-7-15(25)12-17(18)26)28(20)13-14-6-5-11-27-21(14)31-4;1-16(2)10-6-7-17(16,3)14-13(10)15(22)21(20-14)12-5-4-9(18)8-11(12)19;;/h5-8,11-12,16H,9-10,13H2,1-4H3;4-5,8,10,20H,6-7H2,1-3H3;2*1H4/t16-,24+;10-,17+;;/m00../s1. The molecule has 0 amide bonds. The average Bonchev–Trinajstić information content (AvgIpc) is 3.82. The summed E-state index contributed by atoms with van der Waals surface area (Å²) in [6.45, 7) is 13.5. The summed E-state index contributed by atoms with van der Waals surface area (Å²) < 4.78 is 65.4. The molecule has 4 aliphatic rings. The number of ether oxygens (including phenoxy) is 1. The lowest BCUT2D eigenvalue weighted by Crippen LogP contribution is -2.36. The number of rotatable bonds is 5. The quantitative estimate of drug-likeness (QED) is 0.181. The third-order valence-electron chi connectivity index (χ3n) is 14.0. The Balaban J connectivity index is 0.000000190. The highest BCUT2D eigenvalue weighted by molar-refractivity contribution is 5.49. The molecular formula is C43H51F4N5O3. The van der Waals surface area contributed by atoms with E-state index in [1.165, 1.54) is 27.6 Å². The van der Waals surface area contributed by atoms with Crippen LogP contribution in [0.3, 0.4) is 0 Å². The minimum atomic E-state index is -0.769. The van der Waals surface area contributed by atoms with E-state index in [9.17, 15) is 27.2 Å². The summed E-state index contributed by atoms with van der Waals surface area (Å²) in [5.74, 6) is -2.08. The van der Waals surface area contributed by atoms with Crippen LogP contribution in [0.5, 0.6) is 5.88 Å². The minimum Gasteiger partial charge on any atom is -0.481 e. The molecule has 4 aliphatic carbocycles. The van der Waals surface area contributed by atoms with Gasteiger partial charge in [0.2, 0.25) is 5.88 Å². The molecule has 0 aliphatic heterocycles. The number of aromatic nitrogens is 5. The first-order valence-corrected chi connectivity index (χ1v) is 18.1.